The van der Waals surface area contributed by atoms with Gasteiger partial charge in [-0.25, -0.2) is 9.07 Å². The molecule has 1 heterocycles. The van der Waals surface area contributed by atoms with Gasteiger partial charge in [0, 0.05) is 17.8 Å². The van der Waals surface area contributed by atoms with E-state index >= 15 is 0 Å². The minimum atomic E-state index is -0.212. The Bertz CT molecular complexity index is 561. The number of halogens is 1. The van der Waals surface area contributed by atoms with E-state index in [9.17, 15) is 4.39 Å². The number of nitrogens with one attached hydrogen (secondary N) is 1. The van der Waals surface area contributed by atoms with Gasteiger partial charge >= 0.3 is 0 Å². The van der Waals surface area contributed by atoms with Gasteiger partial charge in [0.1, 0.15) is 5.82 Å². The summed E-state index contributed by atoms with van der Waals surface area (Å²) in [6.07, 6.45) is 2.99. The summed E-state index contributed by atoms with van der Waals surface area (Å²) < 4.78 is 15.0. The van der Waals surface area contributed by atoms with Gasteiger partial charge in [-0.15, -0.1) is 0 Å². The number of aryl methyl sites for hydroxylation is 1. The molecule has 2 aromatic rings. The van der Waals surface area contributed by atoms with Crippen molar-refractivity contribution < 1.29 is 4.39 Å². The molecule has 3 nitrogen and oxygen atoms in total. The summed E-state index contributed by atoms with van der Waals surface area (Å²) in [7, 11) is 0. The topological polar surface area (TPSA) is 29.9 Å². The lowest BCUT2D eigenvalue weighted by molar-refractivity contribution is 0.625. The highest BCUT2D eigenvalue weighted by molar-refractivity contribution is 5.42. The summed E-state index contributed by atoms with van der Waals surface area (Å²) in [4.78, 5) is 0. The van der Waals surface area contributed by atoms with Crippen LogP contribution in [0.1, 0.15) is 30.2 Å². The minimum absolute atomic E-state index is 0.212. The third-order valence-corrected chi connectivity index (χ3v) is 3.24. The Hall–Kier alpha value is -1.68. The van der Waals surface area contributed by atoms with E-state index < -0.39 is 0 Å². The van der Waals surface area contributed by atoms with Crippen molar-refractivity contribution in [3.8, 4) is 5.69 Å². The molecule has 2 rings (SSSR count). The van der Waals surface area contributed by atoms with Crippen molar-refractivity contribution in [2.45, 2.75) is 33.7 Å². The van der Waals surface area contributed by atoms with Gasteiger partial charge in [-0.1, -0.05) is 6.92 Å². The van der Waals surface area contributed by atoms with Crippen LogP contribution in [0.2, 0.25) is 0 Å². The summed E-state index contributed by atoms with van der Waals surface area (Å²) in [6, 6.07) is 4.78. The highest BCUT2D eigenvalue weighted by atomic mass is 19.1. The smallest absolute Gasteiger partial charge is 0.123 e. The Morgan fingerprint density at radius 2 is 2.11 bits per heavy atom. The SMILES string of the molecule is CCCNCc1cnn(-c2ccc(F)cc2C)c1C. The Kier molecular flexibility index (Phi) is 4.32. The molecule has 0 fully saturated rings. The molecule has 0 spiro atoms. The van der Waals surface area contributed by atoms with Crippen molar-refractivity contribution in [2.75, 3.05) is 6.54 Å². The van der Waals surface area contributed by atoms with Crippen molar-refractivity contribution in [3.05, 3.63) is 47.0 Å². The van der Waals surface area contributed by atoms with Crippen LogP contribution >= 0.6 is 0 Å². The number of benzene rings is 1. The van der Waals surface area contributed by atoms with Crippen LogP contribution in [0.3, 0.4) is 0 Å². The molecule has 0 aliphatic carbocycles. The molecule has 0 saturated heterocycles. The van der Waals surface area contributed by atoms with E-state index in [0.717, 1.165) is 36.5 Å². The third kappa shape index (κ3) is 3.01. The molecule has 0 bridgehead atoms. The van der Waals surface area contributed by atoms with E-state index in [2.05, 4.69) is 17.3 Å². The van der Waals surface area contributed by atoms with E-state index in [4.69, 9.17) is 0 Å². The van der Waals surface area contributed by atoms with Gasteiger partial charge in [0.15, 0.2) is 0 Å². The summed E-state index contributed by atoms with van der Waals surface area (Å²) in [6.45, 7) is 7.90. The van der Waals surface area contributed by atoms with Crippen LogP contribution < -0.4 is 5.32 Å². The van der Waals surface area contributed by atoms with Crippen LogP contribution in [-0.2, 0) is 6.54 Å². The number of hydrogen-bond acceptors (Lipinski definition) is 2. The number of hydrogen-bond donors (Lipinski definition) is 1. The van der Waals surface area contributed by atoms with Crippen molar-refractivity contribution in [3.63, 3.8) is 0 Å². The maximum Gasteiger partial charge on any atom is 0.123 e. The lowest BCUT2D eigenvalue weighted by Crippen LogP contribution is -2.14. The normalized spacial score (nSPS) is 10.9. The van der Waals surface area contributed by atoms with Gasteiger partial charge in [0.05, 0.1) is 11.9 Å². The predicted molar refractivity (Wildman–Crippen MR) is 75.0 cm³/mol. The molecule has 4 heteroatoms. The zero-order chi connectivity index (χ0) is 13.8. The molecule has 0 aliphatic heterocycles. The fourth-order valence-electron chi connectivity index (χ4n) is 2.12. The van der Waals surface area contributed by atoms with E-state index in [-0.39, 0.29) is 5.82 Å². The maximum absolute atomic E-state index is 13.1. The molecule has 19 heavy (non-hydrogen) atoms. The van der Waals surface area contributed by atoms with Crippen molar-refractivity contribution in [1.82, 2.24) is 15.1 Å². The molecular formula is C15H20FN3. The number of aromatic nitrogens is 2. The average molecular weight is 261 g/mol. The van der Waals surface area contributed by atoms with Gasteiger partial charge in [-0.05, 0) is 50.6 Å². The second-order valence-corrected chi connectivity index (χ2v) is 4.77. The molecule has 1 N–H and O–H groups in total. The van der Waals surface area contributed by atoms with Gasteiger partial charge in [0.2, 0.25) is 0 Å². The second kappa shape index (κ2) is 5.97. The Labute approximate surface area is 113 Å². The molecular weight excluding hydrogens is 241 g/mol. The molecule has 0 unspecified atom stereocenters. The average Bonchev–Trinajstić information content (AvgIpc) is 2.72. The van der Waals surface area contributed by atoms with Crippen LogP contribution in [-0.4, -0.2) is 16.3 Å². The summed E-state index contributed by atoms with van der Waals surface area (Å²) >= 11 is 0. The first kappa shape index (κ1) is 13.7. The lowest BCUT2D eigenvalue weighted by atomic mass is 10.2. The molecule has 0 saturated carbocycles. The first-order chi connectivity index (χ1) is 9.13. The van der Waals surface area contributed by atoms with Crippen LogP contribution in [0.5, 0.6) is 0 Å². The van der Waals surface area contributed by atoms with Gasteiger partial charge in [0.25, 0.3) is 0 Å². The molecule has 1 aromatic heterocycles. The zero-order valence-corrected chi connectivity index (χ0v) is 11.7. The molecule has 0 amide bonds. The first-order valence-corrected chi connectivity index (χ1v) is 6.64. The summed E-state index contributed by atoms with van der Waals surface area (Å²) in [5.41, 5.74) is 4.09. The molecule has 0 aliphatic rings. The van der Waals surface area contributed by atoms with Crippen LogP contribution in [0.4, 0.5) is 4.39 Å². The fraction of sp³-hybridized carbons (Fsp3) is 0.400. The van der Waals surface area contributed by atoms with Gasteiger partial charge in [-0.2, -0.15) is 5.10 Å². The Morgan fingerprint density at radius 1 is 1.32 bits per heavy atom. The third-order valence-electron chi connectivity index (χ3n) is 3.24. The number of nitrogens with zero attached hydrogens (tertiary/aromatic N) is 2. The van der Waals surface area contributed by atoms with Crippen LogP contribution in [0.25, 0.3) is 5.69 Å². The largest absolute Gasteiger partial charge is 0.313 e. The molecule has 1 aromatic carbocycles. The summed E-state index contributed by atoms with van der Waals surface area (Å²) in [5, 5.41) is 7.78. The lowest BCUT2D eigenvalue weighted by Gasteiger charge is -2.09. The second-order valence-electron chi connectivity index (χ2n) is 4.77. The first-order valence-electron chi connectivity index (χ1n) is 6.64. The minimum Gasteiger partial charge on any atom is -0.313 e. The molecule has 0 atom stereocenters. The van der Waals surface area contributed by atoms with Gasteiger partial charge in [-0.3, -0.25) is 0 Å². The van der Waals surface area contributed by atoms with E-state index in [1.165, 1.54) is 17.7 Å². The van der Waals surface area contributed by atoms with Gasteiger partial charge < -0.3 is 5.32 Å². The highest BCUT2D eigenvalue weighted by Crippen LogP contribution is 2.18. The van der Waals surface area contributed by atoms with Crippen molar-refractivity contribution in [1.29, 1.82) is 0 Å². The van der Waals surface area contributed by atoms with E-state index in [1.54, 1.807) is 6.07 Å². The van der Waals surface area contributed by atoms with Crippen LogP contribution in [0, 0.1) is 19.7 Å². The fourth-order valence-corrected chi connectivity index (χ4v) is 2.12. The molecule has 0 radical (unpaired) electrons. The highest BCUT2D eigenvalue weighted by Gasteiger charge is 2.10. The monoisotopic (exact) mass is 261 g/mol. The van der Waals surface area contributed by atoms with Crippen LogP contribution in [0.15, 0.2) is 24.4 Å². The van der Waals surface area contributed by atoms with E-state index in [0.29, 0.717) is 0 Å². The van der Waals surface area contributed by atoms with Crippen molar-refractivity contribution >= 4 is 0 Å². The zero-order valence-electron chi connectivity index (χ0n) is 11.7. The van der Waals surface area contributed by atoms with E-state index in [1.807, 2.05) is 24.7 Å². The molecule has 102 valence electrons. The standard InChI is InChI=1S/C15H20FN3/c1-4-7-17-9-13-10-18-19(12(13)3)15-6-5-14(16)8-11(15)2/h5-6,8,10,17H,4,7,9H2,1-3H3. The Balaban J connectivity index is 2.26. The van der Waals surface area contributed by atoms with Crippen molar-refractivity contribution in [2.24, 2.45) is 0 Å². The summed E-state index contributed by atoms with van der Waals surface area (Å²) in [5.74, 6) is -0.212. The Morgan fingerprint density at radius 3 is 2.79 bits per heavy atom. The number of rotatable bonds is 5. The predicted octanol–water partition coefficient (Wildman–Crippen LogP) is 3.13. The quantitative estimate of drug-likeness (QED) is 0.838. The maximum atomic E-state index is 13.1.